The van der Waals surface area contributed by atoms with Gasteiger partial charge in [-0.15, -0.1) is 0 Å². The van der Waals surface area contributed by atoms with Crippen LogP contribution in [0.2, 0.25) is 0 Å². The summed E-state index contributed by atoms with van der Waals surface area (Å²) in [5, 5.41) is 3.38. The molecular formula is C15H24N2O2. The van der Waals surface area contributed by atoms with Crippen molar-refractivity contribution in [3.05, 3.63) is 29.8 Å². The van der Waals surface area contributed by atoms with E-state index in [4.69, 9.17) is 10.5 Å². The van der Waals surface area contributed by atoms with Crippen molar-refractivity contribution in [3.8, 4) is 0 Å². The molecule has 0 aliphatic heterocycles. The first-order chi connectivity index (χ1) is 8.94. The first kappa shape index (κ1) is 15.5. The van der Waals surface area contributed by atoms with E-state index < -0.39 is 0 Å². The van der Waals surface area contributed by atoms with Crippen molar-refractivity contribution < 1.29 is 9.53 Å². The van der Waals surface area contributed by atoms with Crippen molar-refractivity contribution in [2.45, 2.75) is 39.2 Å². The number of anilines is 1. The number of esters is 1. The van der Waals surface area contributed by atoms with Gasteiger partial charge in [0.2, 0.25) is 0 Å². The molecule has 0 unspecified atom stereocenters. The Morgan fingerprint density at radius 2 is 2.16 bits per heavy atom. The van der Waals surface area contributed by atoms with E-state index in [9.17, 15) is 4.79 Å². The Labute approximate surface area is 115 Å². The monoisotopic (exact) mass is 264 g/mol. The fourth-order valence-corrected chi connectivity index (χ4v) is 1.65. The summed E-state index contributed by atoms with van der Waals surface area (Å²) in [4.78, 5) is 11.9. The molecule has 106 valence electrons. The van der Waals surface area contributed by atoms with Crippen LogP contribution in [0.25, 0.3) is 0 Å². The smallest absolute Gasteiger partial charge is 0.338 e. The van der Waals surface area contributed by atoms with Gasteiger partial charge in [-0.3, -0.25) is 0 Å². The van der Waals surface area contributed by atoms with Gasteiger partial charge in [-0.05, 0) is 45.0 Å². The molecule has 4 nitrogen and oxygen atoms in total. The first-order valence-electron chi connectivity index (χ1n) is 6.72. The van der Waals surface area contributed by atoms with Gasteiger partial charge in [0.1, 0.15) is 6.61 Å². The lowest BCUT2D eigenvalue weighted by atomic mass is 10.1. The zero-order valence-corrected chi connectivity index (χ0v) is 12.0. The highest BCUT2D eigenvalue weighted by molar-refractivity contribution is 5.90. The highest BCUT2D eigenvalue weighted by Crippen LogP contribution is 2.10. The van der Waals surface area contributed by atoms with Crippen LogP contribution in [0.4, 0.5) is 5.69 Å². The van der Waals surface area contributed by atoms with Crippen molar-refractivity contribution in [2.75, 3.05) is 18.9 Å². The summed E-state index contributed by atoms with van der Waals surface area (Å²) in [6.45, 7) is 7.46. The second-order valence-corrected chi connectivity index (χ2v) is 5.37. The summed E-state index contributed by atoms with van der Waals surface area (Å²) in [5.41, 5.74) is 6.48. The molecule has 0 atom stereocenters. The van der Waals surface area contributed by atoms with Crippen molar-refractivity contribution in [3.63, 3.8) is 0 Å². The molecule has 0 radical (unpaired) electrons. The van der Waals surface area contributed by atoms with Gasteiger partial charge in [-0.1, -0.05) is 19.4 Å². The largest absolute Gasteiger partial charge is 0.460 e. The van der Waals surface area contributed by atoms with Gasteiger partial charge in [0.05, 0.1) is 5.56 Å². The van der Waals surface area contributed by atoms with Gasteiger partial charge in [0.25, 0.3) is 0 Å². The maximum atomic E-state index is 11.9. The molecule has 4 heteroatoms. The standard InChI is InChI=1S/C15H24N2O2/c1-4-5-9-17-15(2,3)11-19-14(18)12-7-6-8-13(16)10-12/h6-8,10,17H,4-5,9,11,16H2,1-3H3. The van der Waals surface area contributed by atoms with Gasteiger partial charge in [0, 0.05) is 11.2 Å². The lowest BCUT2D eigenvalue weighted by Gasteiger charge is -2.25. The number of nitrogens with two attached hydrogens (primary N) is 1. The first-order valence-corrected chi connectivity index (χ1v) is 6.72. The number of rotatable bonds is 7. The van der Waals surface area contributed by atoms with Crippen LogP contribution >= 0.6 is 0 Å². The number of unbranched alkanes of at least 4 members (excludes halogenated alkanes) is 1. The molecule has 0 saturated carbocycles. The summed E-state index contributed by atoms with van der Waals surface area (Å²) in [5.74, 6) is -0.335. The average molecular weight is 264 g/mol. The molecule has 0 heterocycles. The number of carbonyl (C=O) groups is 1. The molecule has 0 aromatic heterocycles. The Hall–Kier alpha value is -1.55. The molecule has 3 N–H and O–H groups in total. The molecule has 0 aliphatic carbocycles. The van der Waals surface area contributed by atoms with Gasteiger partial charge in [-0.25, -0.2) is 4.79 Å². The minimum atomic E-state index is -0.335. The van der Waals surface area contributed by atoms with E-state index in [1.165, 1.54) is 0 Å². The quantitative estimate of drug-likeness (QED) is 0.451. The van der Waals surface area contributed by atoms with Crippen LogP contribution in [0.1, 0.15) is 44.0 Å². The van der Waals surface area contributed by atoms with Crippen LogP contribution in [0.15, 0.2) is 24.3 Å². The molecule has 0 fully saturated rings. The number of nitrogen functional groups attached to an aromatic ring is 1. The topological polar surface area (TPSA) is 64.3 Å². The van der Waals surface area contributed by atoms with Crippen molar-refractivity contribution in [1.82, 2.24) is 5.32 Å². The summed E-state index contributed by atoms with van der Waals surface area (Å²) in [6.07, 6.45) is 2.26. The number of ether oxygens (including phenoxy) is 1. The Morgan fingerprint density at radius 3 is 2.79 bits per heavy atom. The van der Waals surface area contributed by atoms with E-state index in [0.29, 0.717) is 17.9 Å². The summed E-state index contributed by atoms with van der Waals surface area (Å²) >= 11 is 0. The minimum Gasteiger partial charge on any atom is -0.460 e. The minimum absolute atomic E-state index is 0.217. The number of hydrogen-bond donors (Lipinski definition) is 2. The third-order valence-corrected chi connectivity index (χ3v) is 2.82. The van der Waals surface area contributed by atoms with Gasteiger partial charge < -0.3 is 15.8 Å². The molecule has 0 amide bonds. The van der Waals surface area contributed by atoms with Crippen molar-refractivity contribution >= 4 is 11.7 Å². The summed E-state index contributed by atoms with van der Waals surface area (Å²) in [7, 11) is 0. The van der Waals surface area contributed by atoms with E-state index in [0.717, 1.165) is 19.4 Å². The van der Waals surface area contributed by atoms with Crippen LogP contribution in [0.3, 0.4) is 0 Å². The third-order valence-electron chi connectivity index (χ3n) is 2.82. The lowest BCUT2D eigenvalue weighted by Crippen LogP contribution is -2.44. The lowest BCUT2D eigenvalue weighted by molar-refractivity contribution is 0.0400. The fourth-order valence-electron chi connectivity index (χ4n) is 1.65. The molecule has 19 heavy (non-hydrogen) atoms. The summed E-state index contributed by atoms with van der Waals surface area (Å²) < 4.78 is 5.32. The van der Waals surface area contributed by atoms with E-state index in [2.05, 4.69) is 12.2 Å². The second kappa shape index (κ2) is 7.14. The number of benzene rings is 1. The van der Waals surface area contributed by atoms with E-state index in [-0.39, 0.29) is 11.5 Å². The molecule has 1 aromatic rings. The Kier molecular flexibility index (Phi) is 5.83. The van der Waals surface area contributed by atoms with Crippen LogP contribution in [-0.4, -0.2) is 24.7 Å². The van der Waals surface area contributed by atoms with Gasteiger partial charge in [-0.2, -0.15) is 0 Å². The van der Waals surface area contributed by atoms with Crippen LogP contribution < -0.4 is 11.1 Å². The maximum absolute atomic E-state index is 11.9. The molecule has 0 aliphatic rings. The van der Waals surface area contributed by atoms with E-state index in [1.807, 2.05) is 13.8 Å². The van der Waals surface area contributed by atoms with Crippen molar-refractivity contribution in [1.29, 1.82) is 0 Å². The zero-order valence-electron chi connectivity index (χ0n) is 12.0. The van der Waals surface area contributed by atoms with Crippen LogP contribution in [0, 0.1) is 0 Å². The Morgan fingerprint density at radius 1 is 1.42 bits per heavy atom. The van der Waals surface area contributed by atoms with Crippen molar-refractivity contribution in [2.24, 2.45) is 0 Å². The van der Waals surface area contributed by atoms with Gasteiger partial charge >= 0.3 is 5.97 Å². The van der Waals surface area contributed by atoms with E-state index >= 15 is 0 Å². The molecular weight excluding hydrogens is 240 g/mol. The number of carbonyl (C=O) groups excluding carboxylic acids is 1. The molecule has 1 rings (SSSR count). The highest BCUT2D eigenvalue weighted by Gasteiger charge is 2.19. The summed E-state index contributed by atoms with van der Waals surface area (Å²) in [6, 6.07) is 6.82. The molecule has 0 bridgehead atoms. The second-order valence-electron chi connectivity index (χ2n) is 5.37. The Bertz CT molecular complexity index is 416. The van der Waals surface area contributed by atoms with Gasteiger partial charge in [0.15, 0.2) is 0 Å². The Balaban J connectivity index is 2.45. The van der Waals surface area contributed by atoms with Crippen LogP contribution in [-0.2, 0) is 4.74 Å². The predicted molar refractivity (Wildman–Crippen MR) is 78.1 cm³/mol. The SMILES string of the molecule is CCCCNC(C)(C)COC(=O)c1cccc(N)c1. The maximum Gasteiger partial charge on any atom is 0.338 e. The molecule has 0 saturated heterocycles. The molecule has 1 aromatic carbocycles. The average Bonchev–Trinajstić information content (AvgIpc) is 2.36. The van der Waals surface area contributed by atoms with E-state index in [1.54, 1.807) is 24.3 Å². The predicted octanol–water partition coefficient (Wildman–Crippen LogP) is 2.59. The highest BCUT2D eigenvalue weighted by atomic mass is 16.5. The third kappa shape index (κ3) is 5.75. The number of hydrogen-bond acceptors (Lipinski definition) is 4. The number of nitrogens with one attached hydrogen (secondary N) is 1. The fraction of sp³-hybridized carbons (Fsp3) is 0.533. The molecule has 0 spiro atoms. The zero-order chi connectivity index (χ0) is 14.3. The van der Waals surface area contributed by atoms with Crippen LogP contribution in [0.5, 0.6) is 0 Å². The normalized spacial score (nSPS) is 11.3.